The van der Waals surface area contributed by atoms with E-state index in [1.54, 1.807) is 4.40 Å². The van der Waals surface area contributed by atoms with Crippen molar-refractivity contribution in [3.63, 3.8) is 0 Å². The van der Waals surface area contributed by atoms with Crippen molar-refractivity contribution in [2.24, 2.45) is 0 Å². The number of nitrogens with two attached hydrogens (primary N) is 1. The number of benzene rings is 1. The number of rotatable bonds is 3. The van der Waals surface area contributed by atoms with E-state index in [0.717, 1.165) is 21.7 Å². The number of ether oxygens (including phenoxy) is 1. The SMILES string of the molecule is CON(C(=O)c1cc2c(cc1F)nc(N)c1cncn12)C1COCc2c1ccn1c(C(F)(F)F)cnc21. The van der Waals surface area contributed by atoms with Gasteiger partial charge in [0.1, 0.15) is 34.5 Å². The first-order chi connectivity index (χ1) is 17.7. The third kappa shape index (κ3) is 3.48. The first-order valence-electron chi connectivity index (χ1n) is 10.9. The van der Waals surface area contributed by atoms with Crippen molar-refractivity contribution >= 4 is 33.9 Å². The van der Waals surface area contributed by atoms with Crippen LogP contribution in [0.4, 0.5) is 23.4 Å². The summed E-state index contributed by atoms with van der Waals surface area (Å²) < 4.78 is 63.4. The van der Waals surface area contributed by atoms with Crippen LogP contribution in [-0.2, 0) is 22.4 Å². The Labute approximate surface area is 204 Å². The highest BCUT2D eigenvalue weighted by molar-refractivity contribution is 5.98. The predicted octanol–water partition coefficient (Wildman–Crippen LogP) is 3.55. The molecule has 1 aliphatic rings. The van der Waals surface area contributed by atoms with E-state index < -0.39 is 29.6 Å². The van der Waals surface area contributed by atoms with Gasteiger partial charge in [-0.15, -0.1) is 0 Å². The van der Waals surface area contributed by atoms with E-state index in [1.165, 1.54) is 38.0 Å². The molecule has 0 aliphatic carbocycles. The zero-order valence-electron chi connectivity index (χ0n) is 19.0. The highest BCUT2D eigenvalue weighted by Crippen LogP contribution is 2.36. The topological polar surface area (TPSA) is 112 Å². The molecule has 0 fully saturated rings. The van der Waals surface area contributed by atoms with Crippen LogP contribution in [-0.4, -0.2) is 48.4 Å². The lowest BCUT2D eigenvalue weighted by Gasteiger charge is -2.34. The summed E-state index contributed by atoms with van der Waals surface area (Å²) in [5.74, 6) is -1.54. The van der Waals surface area contributed by atoms with Gasteiger partial charge in [0, 0.05) is 17.8 Å². The van der Waals surface area contributed by atoms with E-state index in [9.17, 15) is 18.0 Å². The van der Waals surface area contributed by atoms with Crippen molar-refractivity contribution in [1.82, 2.24) is 28.8 Å². The molecule has 37 heavy (non-hydrogen) atoms. The monoisotopic (exact) mass is 515 g/mol. The lowest BCUT2D eigenvalue weighted by Crippen LogP contribution is -2.39. The first-order valence-corrected chi connectivity index (χ1v) is 10.9. The van der Waals surface area contributed by atoms with Crippen molar-refractivity contribution in [1.29, 1.82) is 0 Å². The van der Waals surface area contributed by atoms with Gasteiger partial charge in [-0.25, -0.2) is 24.4 Å². The summed E-state index contributed by atoms with van der Waals surface area (Å²) in [6.45, 7) is -0.0547. The minimum atomic E-state index is -4.61. The lowest BCUT2D eigenvalue weighted by atomic mass is 9.99. The molecule has 190 valence electrons. The maximum Gasteiger partial charge on any atom is 0.433 e. The molecule has 4 aromatic heterocycles. The summed E-state index contributed by atoms with van der Waals surface area (Å²) in [7, 11) is 1.23. The van der Waals surface area contributed by atoms with Gasteiger partial charge >= 0.3 is 6.18 Å². The third-order valence-corrected chi connectivity index (χ3v) is 6.37. The van der Waals surface area contributed by atoms with Crippen LogP contribution >= 0.6 is 0 Å². The molecule has 5 heterocycles. The number of nitrogen functional groups attached to an aromatic ring is 1. The van der Waals surface area contributed by atoms with Crippen LogP contribution in [0.5, 0.6) is 0 Å². The van der Waals surface area contributed by atoms with Crippen molar-refractivity contribution in [3.05, 3.63) is 71.3 Å². The van der Waals surface area contributed by atoms with Crippen LogP contribution in [0.1, 0.15) is 33.2 Å². The van der Waals surface area contributed by atoms with Gasteiger partial charge in [-0.05, 0) is 17.7 Å². The quantitative estimate of drug-likeness (QED) is 0.289. The lowest BCUT2D eigenvalue weighted by molar-refractivity contribution is -0.145. The number of hydrogen-bond acceptors (Lipinski definition) is 7. The summed E-state index contributed by atoms with van der Waals surface area (Å²) in [5.41, 5.74) is 6.64. The predicted molar refractivity (Wildman–Crippen MR) is 121 cm³/mol. The summed E-state index contributed by atoms with van der Waals surface area (Å²) in [5, 5.41) is 0.933. The van der Waals surface area contributed by atoms with Gasteiger partial charge < -0.3 is 10.5 Å². The summed E-state index contributed by atoms with van der Waals surface area (Å²) >= 11 is 0. The Morgan fingerprint density at radius 3 is 2.81 bits per heavy atom. The largest absolute Gasteiger partial charge is 0.433 e. The van der Waals surface area contributed by atoms with Crippen LogP contribution in [0, 0.1) is 5.82 Å². The average molecular weight is 515 g/mol. The van der Waals surface area contributed by atoms with Gasteiger partial charge in [-0.1, -0.05) is 0 Å². The van der Waals surface area contributed by atoms with Crippen molar-refractivity contribution in [2.45, 2.75) is 18.8 Å². The van der Waals surface area contributed by atoms with Gasteiger partial charge in [-0.3, -0.25) is 18.4 Å². The van der Waals surface area contributed by atoms with Crippen LogP contribution < -0.4 is 5.73 Å². The Kier molecular flexibility index (Phi) is 5.07. The molecule has 1 atom stereocenters. The second kappa shape index (κ2) is 8.11. The molecule has 1 aromatic carbocycles. The number of fused-ring (bicyclic) bond motifs is 6. The summed E-state index contributed by atoms with van der Waals surface area (Å²) in [6.07, 6.45) is 0.311. The number of halogens is 4. The number of hydrogen-bond donors (Lipinski definition) is 1. The third-order valence-electron chi connectivity index (χ3n) is 6.37. The van der Waals surface area contributed by atoms with Crippen LogP contribution in [0.2, 0.25) is 0 Å². The molecule has 0 spiro atoms. The van der Waals surface area contributed by atoms with Crippen LogP contribution in [0.15, 0.2) is 43.1 Å². The highest BCUT2D eigenvalue weighted by atomic mass is 19.4. The molecular formula is C23H17F4N7O3. The average Bonchev–Trinajstić information content (AvgIpc) is 3.52. The van der Waals surface area contributed by atoms with Crippen molar-refractivity contribution in [3.8, 4) is 0 Å². The summed E-state index contributed by atoms with van der Waals surface area (Å²) in [6, 6.07) is 2.97. The molecule has 2 N–H and O–H groups in total. The molecule has 14 heteroatoms. The minimum Gasteiger partial charge on any atom is -0.382 e. The number of nitrogens with zero attached hydrogens (tertiary/aromatic N) is 6. The molecule has 6 rings (SSSR count). The van der Waals surface area contributed by atoms with Crippen molar-refractivity contribution in [2.75, 3.05) is 19.5 Å². The highest BCUT2D eigenvalue weighted by Gasteiger charge is 2.37. The minimum absolute atomic E-state index is 0.0216. The van der Waals surface area contributed by atoms with Crippen molar-refractivity contribution < 1.29 is 31.9 Å². The molecule has 10 nitrogen and oxygen atoms in total. The molecule has 0 bridgehead atoms. The fraction of sp³-hybridized carbons (Fsp3) is 0.217. The van der Waals surface area contributed by atoms with E-state index in [4.69, 9.17) is 15.3 Å². The van der Waals surface area contributed by atoms with Gasteiger partial charge in [0.2, 0.25) is 0 Å². The zero-order chi connectivity index (χ0) is 26.1. The Morgan fingerprint density at radius 1 is 1.24 bits per heavy atom. The number of hydroxylamine groups is 2. The second-order valence-electron chi connectivity index (χ2n) is 8.40. The van der Waals surface area contributed by atoms with Gasteiger partial charge in [0.05, 0.1) is 55.6 Å². The molecule has 0 saturated carbocycles. The smallest absolute Gasteiger partial charge is 0.382 e. The molecule has 0 saturated heterocycles. The Hall–Kier alpha value is -4.30. The normalized spacial score (nSPS) is 16.0. The van der Waals surface area contributed by atoms with Crippen LogP contribution in [0.25, 0.3) is 22.2 Å². The van der Waals surface area contributed by atoms with Gasteiger partial charge in [0.25, 0.3) is 5.91 Å². The number of imidazole rings is 2. The van der Waals surface area contributed by atoms with E-state index in [0.29, 0.717) is 22.2 Å². The molecular weight excluding hydrogens is 498 g/mol. The Bertz CT molecular complexity index is 1710. The molecule has 1 aliphatic heterocycles. The standard InChI is InChI=1S/C23H17F4N7O3/c1-36-34(18-9-37-8-13-11(18)2-3-32-19(23(25,26)27)7-30-21(13)32)22(35)12-4-16-15(5-14(12)24)31-20(28)17-6-29-10-33(16)17/h2-7,10,18H,8-9H2,1H3,(H2,28,31). The van der Waals surface area contributed by atoms with E-state index >= 15 is 4.39 Å². The number of aromatic nitrogens is 5. The fourth-order valence-electron chi connectivity index (χ4n) is 4.68. The number of carbonyl (C=O) groups excluding carboxylic acids is 1. The van der Waals surface area contributed by atoms with E-state index in [1.807, 2.05) is 0 Å². The summed E-state index contributed by atoms with van der Waals surface area (Å²) in [4.78, 5) is 31.1. The molecule has 1 unspecified atom stereocenters. The molecule has 5 aromatic rings. The first kappa shape index (κ1) is 23.1. The number of amides is 1. The second-order valence-corrected chi connectivity index (χ2v) is 8.40. The van der Waals surface area contributed by atoms with E-state index in [-0.39, 0.29) is 35.8 Å². The zero-order valence-corrected chi connectivity index (χ0v) is 19.0. The van der Waals surface area contributed by atoms with Crippen LogP contribution in [0.3, 0.4) is 0 Å². The van der Waals surface area contributed by atoms with Gasteiger partial charge in [0.15, 0.2) is 0 Å². The number of pyridine rings is 1. The molecule has 0 radical (unpaired) electrons. The Morgan fingerprint density at radius 2 is 2.05 bits per heavy atom. The number of alkyl halides is 3. The maximum absolute atomic E-state index is 15.2. The van der Waals surface area contributed by atoms with E-state index in [2.05, 4.69) is 15.0 Å². The van der Waals surface area contributed by atoms with Gasteiger partial charge in [-0.2, -0.15) is 13.2 Å². The number of carbonyl (C=O) groups is 1. The fourth-order valence-corrected chi connectivity index (χ4v) is 4.68. The molecule has 1 amide bonds. The number of anilines is 1. The Balaban J connectivity index is 1.44. The maximum atomic E-state index is 15.2.